The van der Waals surface area contributed by atoms with Crippen molar-refractivity contribution in [3.8, 4) is 23.0 Å². The zero-order chi connectivity index (χ0) is 43.1. The maximum atomic E-state index is 13.6. The van der Waals surface area contributed by atoms with Crippen LogP contribution in [0.15, 0.2) is 37.2 Å². The Morgan fingerprint density at radius 3 is 1.43 bits per heavy atom. The molecule has 8 rings (SSSR count). The smallest absolute Gasteiger partial charge is 0.270 e. The molecule has 0 unspecified atom stereocenters. The van der Waals surface area contributed by atoms with Crippen molar-refractivity contribution >= 4 is 11.8 Å². The third-order valence-electron chi connectivity index (χ3n) is 11.7. The highest BCUT2D eigenvalue weighted by atomic mass is 19.3. The van der Waals surface area contributed by atoms with Crippen molar-refractivity contribution in [2.75, 3.05) is 27.4 Å². The summed E-state index contributed by atoms with van der Waals surface area (Å²) in [7, 11) is 5.75. The van der Waals surface area contributed by atoms with E-state index in [1.165, 1.54) is 25.7 Å². The highest BCUT2D eigenvalue weighted by molar-refractivity contribution is 5.93. The van der Waals surface area contributed by atoms with Gasteiger partial charge in [-0.3, -0.25) is 9.59 Å². The molecule has 4 fully saturated rings. The van der Waals surface area contributed by atoms with Crippen LogP contribution in [0.25, 0.3) is 23.0 Å². The number of aliphatic hydroxyl groups is 2. The van der Waals surface area contributed by atoms with Gasteiger partial charge in [-0.05, 0) is 63.5 Å². The van der Waals surface area contributed by atoms with Gasteiger partial charge in [0.25, 0.3) is 11.8 Å². The second-order valence-corrected chi connectivity index (χ2v) is 15.9. The number of nitrogens with zero attached hydrogens (tertiary/aromatic N) is 8. The second-order valence-electron chi connectivity index (χ2n) is 15.9. The minimum Gasteiger partial charge on any atom is -0.400 e. The Balaban J connectivity index is 0.000000298. The maximum Gasteiger partial charge on any atom is 0.270 e. The highest BCUT2D eigenvalue weighted by Crippen LogP contribution is 2.41. The Morgan fingerprint density at radius 1 is 0.650 bits per heavy atom. The monoisotopic (exact) mass is 841 g/mol. The molecule has 0 radical (unpaired) electrons. The number of aryl methyl sites for hydroxylation is 2. The summed E-state index contributed by atoms with van der Waals surface area (Å²) >= 11 is 0. The predicted molar refractivity (Wildman–Crippen MR) is 227 cm³/mol. The fourth-order valence-corrected chi connectivity index (χ4v) is 8.30. The number of rotatable bonds is 8. The first-order chi connectivity index (χ1) is 29.1. The van der Waals surface area contributed by atoms with E-state index >= 15 is 0 Å². The van der Waals surface area contributed by atoms with Gasteiger partial charge in [-0.2, -0.15) is 0 Å². The summed E-state index contributed by atoms with van der Waals surface area (Å²) in [5.74, 6) is -1.73. The standard InChI is InChI=1S/C21H27F2N5O.C20H27N5O2.2CH4O.2H2/c1-28-13-24-12-18(28)19-26-16(14-7-9-21(22,23)10-8-14)11-17(27-19)20(29)25-15-5-3-2-4-6-15;1-25-13-21-12-18(25)19-23-16(14-7-9-27-10-8-14)11-17(24-19)20(26)22-15-5-3-2-4-6-15;2*1-2;;/h11-15H,2-10H2,1H3,(H,25,29);11-15H,2-10H2,1H3,(H,22,26);2*2H,1H3;2*1H. The van der Waals surface area contributed by atoms with E-state index in [9.17, 15) is 18.4 Å². The number of carbonyl (C=O) groups excluding carboxylic acids is 2. The van der Waals surface area contributed by atoms with E-state index in [4.69, 9.17) is 19.9 Å². The summed E-state index contributed by atoms with van der Waals surface area (Å²) < 4.78 is 36.4. The molecule has 3 saturated carbocycles. The molecule has 4 aromatic rings. The van der Waals surface area contributed by atoms with Gasteiger partial charge in [0.05, 0.1) is 25.0 Å². The van der Waals surface area contributed by atoms with E-state index in [0.29, 0.717) is 53.2 Å². The molecule has 0 bridgehead atoms. The molecule has 4 aliphatic rings. The van der Waals surface area contributed by atoms with Crippen LogP contribution in [0.3, 0.4) is 0 Å². The van der Waals surface area contributed by atoms with Crippen molar-refractivity contribution in [1.29, 1.82) is 0 Å². The normalized spacial score (nSPS) is 18.7. The lowest BCUT2D eigenvalue weighted by atomic mass is 9.84. The van der Waals surface area contributed by atoms with Crippen molar-refractivity contribution in [2.45, 2.75) is 133 Å². The zero-order valence-electron chi connectivity index (χ0n) is 35.5. The van der Waals surface area contributed by atoms with E-state index in [0.717, 1.165) is 90.2 Å². The Labute approximate surface area is 354 Å². The largest absolute Gasteiger partial charge is 0.400 e. The van der Waals surface area contributed by atoms with Crippen LogP contribution in [0.4, 0.5) is 8.78 Å². The zero-order valence-corrected chi connectivity index (χ0v) is 35.5. The third kappa shape index (κ3) is 12.6. The SMILES string of the molecule is CO.CO.Cn1cncc1-c1nc(C(=O)NC2CCCCC2)cc(C2CCC(F)(F)CC2)n1.Cn1cncc1-c1nc(C(=O)NC2CCCCC2)cc(C2CCOCC2)n1.[HH].[HH]. The van der Waals surface area contributed by atoms with Crippen molar-refractivity contribution in [3.63, 3.8) is 0 Å². The third-order valence-corrected chi connectivity index (χ3v) is 11.7. The molecule has 0 spiro atoms. The van der Waals surface area contributed by atoms with Gasteiger partial charge in [-0.25, -0.2) is 38.7 Å². The number of aliphatic hydroxyl groups excluding tert-OH is 2. The van der Waals surface area contributed by atoms with Crippen LogP contribution in [-0.4, -0.2) is 107 Å². The van der Waals surface area contributed by atoms with Crippen molar-refractivity contribution < 1.29 is 36.2 Å². The first-order valence-corrected chi connectivity index (χ1v) is 21.3. The fraction of sp³-hybridized carbons (Fsp3) is 0.628. The highest BCUT2D eigenvalue weighted by Gasteiger charge is 2.36. The number of hydrogen-bond donors (Lipinski definition) is 4. The number of alkyl halides is 2. The quantitative estimate of drug-likeness (QED) is 0.146. The van der Waals surface area contributed by atoms with Gasteiger partial charge in [0.1, 0.15) is 22.8 Å². The van der Waals surface area contributed by atoms with Gasteiger partial charge in [0.15, 0.2) is 11.6 Å². The number of hydrogen-bond acceptors (Lipinski definition) is 11. The average molecular weight is 841 g/mol. The molecule has 332 valence electrons. The molecule has 3 aliphatic carbocycles. The second kappa shape index (κ2) is 22.7. The molecule has 2 amide bonds. The number of halogens is 2. The lowest BCUT2D eigenvalue weighted by molar-refractivity contribution is -0.0385. The topological polar surface area (TPSA) is 195 Å². The molecule has 4 N–H and O–H groups in total. The van der Waals surface area contributed by atoms with Crippen LogP contribution in [0.5, 0.6) is 0 Å². The van der Waals surface area contributed by atoms with E-state index < -0.39 is 5.92 Å². The van der Waals surface area contributed by atoms with Crippen molar-refractivity contribution in [3.05, 3.63) is 60.0 Å². The van der Waals surface area contributed by atoms with Gasteiger partial charge >= 0.3 is 0 Å². The molecule has 5 heterocycles. The first-order valence-electron chi connectivity index (χ1n) is 21.3. The van der Waals surface area contributed by atoms with Crippen LogP contribution in [-0.2, 0) is 18.8 Å². The molecule has 1 aliphatic heterocycles. The molecule has 17 heteroatoms. The van der Waals surface area contributed by atoms with Gasteiger partial charge in [0.2, 0.25) is 5.92 Å². The number of imidazole rings is 2. The van der Waals surface area contributed by atoms with Crippen LogP contribution in [0, 0.1) is 0 Å². The average Bonchev–Trinajstić information content (AvgIpc) is 3.93. The number of nitrogens with one attached hydrogen (secondary N) is 2. The van der Waals surface area contributed by atoms with E-state index in [1.54, 1.807) is 35.7 Å². The van der Waals surface area contributed by atoms with Gasteiger partial charge < -0.3 is 34.7 Å². The van der Waals surface area contributed by atoms with Crippen molar-refractivity contribution in [2.24, 2.45) is 14.1 Å². The summed E-state index contributed by atoms with van der Waals surface area (Å²) in [6.45, 7) is 1.47. The van der Waals surface area contributed by atoms with Crippen LogP contribution in [0.1, 0.15) is 150 Å². The van der Waals surface area contributed by atoms with E-state index in [1.807, 2.05) is 24.7 Å². The molecule has 0 atom stereocenters. The summed E-state index contributed by atoms with van der Waals surface area (Å²) in [4.78, 5) is 52.6. The lowest BCUT2D eigenvalue weighted by Crippen LogP contribution is -2.36. The summed E-state index contributed by atoms with van der Waals surface area (Å²) in [6.07, 6.45) is 20.2. The number of carbonyl (C=O) groups is 2. The van der Waals surface area contributed by atoms with Crippen LogP contribution in [0.2, 0.25) is 0 Å². The number of aromatic nitrogens is 8. The Hall–Kier alpha value is -4.74. The summed E-state index contributed by atoms with van der Waals surface area (Å²) in [5.41, 5.74) is 3.86. The van der Waals surface area contributed by atoms with Gasteiger partial charge in [-0.15, -0.1) is 0 Å². The molecule has 60 heavy (non-hydrogen) atoms. The summed E-state index contributed by atoms with van der Waals surface area (Å²) in [5, 5.41) is 20.3. The summed E-state index contributed by atoms with van der Waals surface area (Å²) in [6, 6.07) is 3.98. The predicted octanol–water partition coefficient (Wildman–Crippen LogP) is 6.78. The van der Waals surface area contributed by atoms with Crippen LogP contribution < -0.4 is 10.6 Å². The maximum absolute atomic E-state index is 13.6. The van der Waals surface area contributed by atoms with Gasteiger partial charge in [-0.1, -0.05) is 38.5 Å². The number of ether oxygens (including phenoxy) is 1. The van der Waals surface area contributed by atoms with E-state index in [2.05, 4.69) is 35.6 Å². The van der Waals surface area contributed by atoms with E-state index in [-0.39, 0.29) is 45.5 Å². The Kier molecular flexibility index (Phi) is 17.6. The van der Waals surface area contributed by atoms with Crippen LogP contribution >= 0.6 is 0 Å². The van der Waals surface area contributed by atoms with Gasteiger partial charge in [0, 0.05) is 92.5 Å². The first kappa shape index (κ1) is 46.3. The minimum absolute atomic E-state index is 0. The molecular weight excluding hydrogens is 775 g/mol. The Morgan fingerprint density at radius 2 is 1.05 bits per heavy atom. The Bertz CT molecular complexity index is 1960. The number of amides is 2. The molecule has 0 aromatic carbocycles. The molecular formula is C43H66F2N10O5. The lowest BCUT2D eigenvalue weighted by Gasteiger charge is -2.28. The molecule has 1 saturated heterocycles. The van der Waals surface area contributed by atoms with Crippen molar-refractivity contribution in [1.82, 2.24) is 49.7 Å². The fourth-order valence-electron chi connectivity index (χ4n) is 8.30. The minimum atomic E-state index is -2.60. The molecule has 4 aromatic heterocycles. The molecule has 15 nitrogen and oxygen atoms in total.